The Morgan fingerprint density at radius 1 is 1.43 bits per heavy atom. The van der Waals surface area contributed by atoms with Crippen molar-refractivity contribution in [2.24, 2.45) is 0 Å². The van der Waals surface area contributed by atoms with Crippen molar-refractivity contribution >= 4 is 0 Å². The molecule has 0 amide bonds. The Hall–Kier alpha value is -0.160. The third kappa shape index (κ3) is 3.20. The number of aliphatic hydroxyl groups is 2. The fourth-order valence-corrected chi connectivity index (χ4v) is 1.51. The summed E-state index contributed by atoms with van der Waals surface area (Å²) in [7, 11) is 0. The number of hydrogen-bond acceptors (Lipinski definition) is 4. The van der Waals surface area contributed by atoms with Gasteiger partial charge in [-0.3, -0.25) is 0 Å². The molecule has 1 rings (SSSR count). The summed E-state index contributed by atoms with van der Waals surface area (Å²) in [6.07, 6.45) is 1.29. The highest BCUT2D eigenvalue weighted by Gasteiger charge is 2.28. The second kappa shape index (κ2) is 5.07. The van der Waals surface area contributed by atoms with E-state index in [4.69, 9.17) is 9.47 Å². The van der Waals surface area contributed by atoms with Gasteiger partial charge in [-0.05, 0) is 12.8 Å². The number of ether oxygens (including phenoxy) is 2. The van der Waals surface area contributed by atoms with Crippen molar-refractivity contribution in [3.05, 3.63) is 0 Å². The highest BCUT2D eigenvalue weighted by atomic mass is 16.6. The maximum atomic E-state index is 9.81. The van der Waals surface area contributed by atoms with Crippen LogP contribution in [0.3, 0.4) is 0 Å². The van der Waals surface area contributed by atoms with Crippen LogP contribution in [0.1, 0.15) is 33.1 Å². The van der Waals surface area contributed by atoms with Gasteiger partial charge in [-0.1, -0.05) is 13.8 Å². The summed E-state index contributed by atoms with van der Waals surface area (Å²) in [6, 6.07) is 0. The van der Waals surface area contributed by atoms with Gasteiger partial charge in [0.2, 0.25) is 0 Å². The topological polar surface area (TPSA) is 58.9 Å². The second-order valence-electron chi connectivity index (χ2n) is 3.81. The minimum absolute atomic E-state index is 0.0744. The van der Waals surface area contributed by atoms with Crippen LogP contribution in [0.2, 0.25) is 0 Å². The molecular formula is C10H20O4. The molecule has 0 aromatic rings. The lowest BCUT2D eigenvalue weighted by Crippen LogP contribution is -2.33. The molecule has 1 fully saturated rings. The first-order chi connectivity index (χ1) is 6.59. The van der Waals surface area contributed by atoms with Gasteiger partial charge in [0.25, 0.3) is 0 Å². The average molecular weight is 204 g/mol. The molecule has 0 radical (unpaired) electrons. The summed E-state index contributed by atoms with van der Waals surface area (Å²) >= 11 is 0. The molecule has 4 heteroatoms. The summed E-state index contributed by atoms with van der Waals surface area (Å²) in [5.41, 5.74) is 0. The molecule has 2 atom stereocenters. The lowest BCUT2D eigenvalue weighted by molar-refractivity contribution is -0.218. The van der Waals surface area contributed by atoms with Crippen molar-refractivity contribution in [2.75, 3.05) is 13.2 Å². The van der Waals surface area contributed by atoms with Crippen molar-refractivity contribution in [3.63, 3.8) is 0 Å². The van der Waals surface area contributed by atoms with Crippen LogP contribution in [0.25, 0.3) is 0 Å². The summed E-state index contributed by atoms with van der Waals surface area (Å²) < 4.78 is 10.6. The van der Waals surface area contributed by atoms with Crippen LogP contribution in [0.15, 0.2) is 0 Å². The van der Waals surface area contributed by atoms with Gasteiger partial charge in [0.15, 0.2) is 5.79 Å². The maximum Gasteiger partial charge on any atom is 0.165 e. The standard InChI is InChI=1S/C10H20O4/c1-3-10(12,4-2)14-7-9-5-8(11)6-13-9/h8-9,11-12H,3-7H2,1-2H3/t8?,9-/m1/s1. The van der Waals surface area contributed by atoms with Gasteiger partial charge >= 0.3 is 0 Å². The van der Waals surface area contributed by atoms with Crippen LogP contribution in [0.5, 0.6) is 0 Å². The summed E-state index contributed by atoms with van der Waals surface area (Å²) in [4.78, 5) is 0. The van der Waals surface area contributed by atoms with E-state index < -0.39 is 5.79 Å². The van der Waals surface area contributed by atoms with Gasteiger partial charge in [-0.15, -0.1) is 0 Å². The molecule has 1 aliphatic rings. The van der Waals surface area contributed by atoms with Gasteiger partial charge < -0.3 is 19.7 Å². The lowest BCUT2D eigenvalue weighted by atomic mass is 10.1. The number of hydrogen-bond donors (Lipinski definition) is 2. The van der Waals surface area contributed by atoms with Crippen LogP contribution < -0.4 is 0 Å². The first-order valence-corrected chi connectivity index (χ1v) is 5.25. The van der Waals surface area contributed by atoms with E-state index >= 15 is 0 Å². The largest absolute Gasteiger partial charge is 0.391 e. The zero-order valence-electron chi connectivity index (χ0n) is 8.90. The normalized spacial score (nSPS) is 28.3. The molecule has 0 aromatic carbocycles. The Morgan fingerprint density at radius 3 is 2.50 bits per heavy atom. The Labute approximate surface area is 84.8 Å². The van der Waals surface area contributed by atoms with Gasteiger partial charge in [0.05, 0.1) is 25.4 Å². The molecule has 1 heterocycles. The molecule has 84 valence electrons. The number of rotatable bonds is 5. The molecular weight excluding hydrogens is 184 g/mol. The molecule has 1 aliphatic heterocycles. The molecule has 0 saturated carbocycles. The van der Waals surface area contributed by atoms with Crippen molar-refractivity contribution in [3.8, 4) is 0 Å². The summed E-state index contributed by atoms with van der Waals surface area (Å²) in [5, 5.41) is 19.0. The fraction of sp³-hybridized carbons (Fsp3) is 1.00. The van der Waals surface area contributed by atoms with E-state index in [1.807, 2.05) is 13.8 Å². The third-order valence-corrected chi connectivity index (χ3v) is 2.70. The SMILES string of the molecule is CCC(O)(CC)OC[C@H]1CC(O)CO1. The van der Waals surface area contributed by atoms with Gasteiger partial charge in [0.1, 0.15) is 0 Å². The predicted molar refractivity (Wildman–Crippen MR) is 51.8 cm³/mol. The quantitative estimate of drug-likeness (QED) is 0.646. The van der Waals surface area contributed by atoms with Crippen LogP contribution in [-0.4, -0.2) is 41.4 Å². The number of aliphatic hydroxyl groups excluding tert-OH is 1. The average Bonchev–Trinajstić information content (AvgIpc) is 2.61. The Bertz CT molecular complexity index is 168. The Morgan fingerprint density at radius 2 is 2.07 bits per heavy atom. The molecule has 0 aromatic heterocycles. The summed E-state index contributed by atoms with van der Waals surface area (Å²) in [5.74, 6) is -1.03. The molecule has 0 bridgehead atoms. The molecule has 0 spiro atoms. The Kier molecular flexibility index (Phi) is 4.31. The maximum absolute atomic E-state index is 9.81. The van der Waals surface area contributed by atoms with E-state index in [-0.39, 0.29) is 12.2 Å². The molecule has 14 heavy (non-hydrogen) atoms. The highest BCUT2D eigenvalue weighted by Crippen LogP contribution is 2.20. The van der Waals surface area contributed by atoms with Gasteiger partial charge in [0, 0.05) is 6.42 Å². The molecule has 1 unspecified atom stereocenters. The van der Waals surface area contributed by atoms with Crippen molar-refractivity contribution in [1.82, 2.24) is 0 Å². The molecule has 1 saturated heterocycles. The molecule has 0 aliphatic carbocycles. The molecule has 4 nitrogen and oxygen atoms in total. The van der Waals surface area contributed by atoms with Crippen LogP contribution in [0, 0.1) is 0 Å². The third-order valence-electron chi connectivity index (χ3n) is 2.70. The first-order valence-electron chi connectivity index (χ1n) is 5.25. The van der Waals surface area contributed by atoms with Crippen molar-refractivity contribution < 1.29 is 19.7 Å². The van der Waals surface area contributed by atoms with Gasteiger partial charge in [-0.25, -0.2) is 0 Å². The van der Waals surface area contributed by atoms with E-state index in [9.17, 15) is 10.2 Å². The molecule has 2 N–H and O–H groups in total. The van der Waals surface area contributed by atoms with E-state index in [1.165, 1.54) is 0 Å². The zero-order chi connectivity index (χ0) is 10.6. The minimum atomic E-state index is -1.03. The monoisotopic (exact) mass is 204 g/mol. The van der Waals surface area contributed by atoms with Crippen LogP contribution >= 0.6 is 0 Å². The van der Waals surface area contributed by atoms with E-state index in [0.29, 0.717) is 32.5 Å². The van der Waals surface area contributed by atoms with E-state index in [2.05, 4.69) is 0 Å². The van der Waals surface area contributed by atoms with Gasteiger partial charge in [-0.2, -0.15) is 0 Å². The minimum Gasteiger partial charge on any atom is -0.391 e. The fourth-order valence-electron chi connectivity index (χ4n) is 1.51. The smallest absolute Gasteiger partial charge is 0.165 e. The second-order valence-corrected chi connectivity index (χ2v) is 3.81. The Balaban J connectivity index is 2.25. The lowest BCUT2D eigenvalue weighted by Gasteiger charge is -2.26. The highest BCUT2D eigenvalue weighted by molar-refractivity contribution is 4.73. The van der Waals surface area contributed by atoms with Crippen LogP contribution in [0.4, 0.5) is 0 Å². The van der Waals surface area contributed by atoms with E-state index in [1.54, 1.807) is 0 Å². The van der Waals surface area contributed by atoms with Crippen molar-refractivity contribution in [1.29, 1.82) is 0 Å². The van der Waals surface area contributed by atoms with Crippen molar-refractivity contribution in [2.45, 2.75) is 51.1 Å². The zero-order valence-corrected chi connectivity index (χ0v) is 8.90. The predicted octanol–water partition coefficient (Wildman–Crippen LogP) is 0.661. The van der Waals surface area contributed by atoms with Crippen LogP contribution in [-0.2, 0) is 9.47 Å². The summed E-state index contributed by atoms with van der Waals surface area (Å²) in [6.45, 7) is 4.50. The first kappa shape index (κ1) is 11.9. The van der Waals surface area contributed by atoms with E-state index in [0.717, 1.165) is 0 Å².